The quantitative estimate of drug-likeness (QED) is 0.261. The Morgan fingerprint density at radius 1 is 0.921 bits per heavy atom. The number of hydrogen-bond donors (Lipinski definition) is 2. The molecule has 3 aromatic carbocycles. The molecular weight excluding hydrogens is 492 g/mol. The summed E-state index contributed by atoms with van der Waals surface area (Å²) in [4.78, 5) is 34.1. The summed E-state index contributed by atoms with van der Waals surface area (Å²) < 4.78 is 1.54. The van der Waals surface area contributed by atoms with Crippen molar-refractivity contribution in [3.8, 4) is 11.4 Å². The van der Waals surface area contributed by atoms with Crippen LogP contribution in [0.15, 0.2) is 83.7 Å². The van der Waals surface area contributed by atoms with Gasteiger partial charge in [-0.05, 0) is 80.6 Å². The van der Waals surface area contributed by atoms with Crippen molar-refractivity contribution in [1.29, 1.82) is 0 Å². The number of rotatable bonds is 6. The first-order valence-electron chi connectivity index (χ1n) is 12.9. The highest BCUT2D eigenvalue weighted by Crippen LogP contribution is 2.35. The van der Waals surface area contributed by atoms with Crippen LogP contribution in [0.5, 0.6) is 0 Å². The molecule has 2 aromatic heterocycles. The van der Waals surface area contributed by atoms with E-state index in [0.717, 1.165) is 58.6 Å². The van der Waals surface area contributed by atoms with Crippen LogP contribution in [0.2, 0.25) is 0 Å². The Labute approximate surface area is 225 Å². The molecule has 5 aromatic rings. The van der Waals surface area contributed by atoms with Crippen LogP contribution < -0.4 is 16.2 Å². The lowest BCUT2D eigenvalue weighted by atomic mass is 9.97. The molecule has 0 saturated heterocycles. The molecule has 7 heteroatoms. The summed E-state index contributed by atoms with van der Waals surface area (Å²) in [6.45, 7) is 1.90. The molecule has 6 nitrogen and oxygen atoms in total. The number of nitrogens with one attached hydrogen (secondary N) is 2. The molecule has 0 aliphatic heterocycles. The molecule has 0 fully saturated rings. The second kappa shape index (κ2) is 10.3. The van der Waals surface area contributed by atoms with Gasteiger partial charge in [0.15, 0.2) is 0 Å². The monoisotopic (exact) mass is 520 g/mol. The molecule has 0 saturated carbocycles. The van der Waals surface area contributed by atoms with E-state index in [4.69, 9.17) is 4.98 Å². The number of carbonyl (C=O) groups is 1. The summed E-state index contributed by atoms with van der Waals surface area (Å²) in [6, 6.07) is 25.4. The van der Waals surface area contributed by atoms with E-state index < -0.39 is 0 Å². The zero-order valence-corrected chi connectivity index (χ0v) is 22.0. The van der Waals surface area contributed by atoms with Gasteiger partial charge in [0.2, 0.25) is 5.91 Å². The molecule has 0 spiro atoms. The molecule has 0 unspecified atom stereocenters. The highest BCUT2D eigenvalue weighted by molar-refractivity contribution is 7.18. The van der Waals surface area contributed by atoms with Crippen molar-refractivity contribution in [1.82, 2.24) is 9.55 Å². The molecule has 190 valence electrons. The average molecular weight is 521 g/mol. The van der Waals surface area contributed by atoms with Gasteiger partial charge in [0, 0.05) is 27.5 Å². The van der Waals surface area contributed by atoms with Gasteiger partial charge in [-0.15, -0.1) is 11.3 Å². The molecule has 6 rings (SSSR count). The number of para-hydroxylation sites is 1. The van der Waals surface area contributed by atoms with Crippen molar-refractivity contribution in [3.63, 3.8) is 0 Å². The van der Waals surface area contributed by atoms with Crippen molar-refractivity contribution >= 4 is 44.5 Å². The van der Waals surface area contributed by atoms with Gasteiger partial charge in [-0.1, -0.05) is 42.0 Å². The van der Waals surface area contributed by atoms with Crippen LogP contribution in [0.3, 0.4) is 0 Å². The fourth-order valence-corrected chi connectivity index (χ4v) is 6.31. The van der Waals surface area contributed by atoms with E-state index in [1.54, 1.807) is 15.9 Å². The third-order valence-electron chi connectivity index (χ3n) is 6.88. The van der Waals surface area contributed by atoms with Crippen molar-refractivity contribution in [2.45, 2.75) is 39.2 Å². The lowest BCUT2D eigenvalue weighted by Crippen LogP contribution is -2.30. The van der Waals surface area contributed by atoms with E-state index in [1.165, 1.54) is 4.88 Å². The molecule has 38 heavy (non-hydrogen) atoms. The Balaban J connectivity index is 1.31. The minimum atomic E-state index is -0.269. The molecule has 0 radical (unpaired) electrons. The summed E-state index contributed by atoms with van der Waals surface area (Å²) in [7, 11) is 0. The molecule has 1 aliphatic carbocycles. The summed E-state index contributed by atoms with van der Waals surface area (Å²) in [6.07, 6.45) is 4.10. The summed E-state index contributed by atoms with van der Waals surface area (Å²) in [5.41, 5.74) is 5.47. The first kappa shape index (κ1) is 24.1. The Bertz CT molecular complexity index is 1690. The number of carbonyl (C=O) groups excluding carboxylic acids is 1. The number of fused-ring (bicyclic) bond motifs is 3. The normalized spacial score (nSPS) is 12.8. The van der Waals surface area contributed by atoms with Gasteiger partial charge in [0.05, 0.1) is 5.39 Å². The fourth-order valence-electron chi connectivity index (χ4n) is 5.06. The van der Waals surface area contributed by atoms with Crippen molar-refractivity contribution in [3.05, 3.63) is 105 Å². The minimum Gasteiger partial charge on any atom is -0.356 e. The average Bonchev–Trinajstić information content (AvgIpc) is 3.31. The van der Waals surface area contributed by atoms with Gasteiger partial charge in [0.1, 0.15) is 17.2 Å². The lowest BCUT2D eigenvalue weighted by Gasteiger charge is -2.15. The van der Waals surface area contributed by atoms with Gasteiger partial charge in [-0.25, -0.2) is 4.98 Å². The Hall–Kier alpha value is -4.23. The lowest BCUT2D eigenvalue weighted by molar-refractivity contribution is -0.116. The van der Waals surface area contributed by atoms with Crippen LogP contribution >= 0.6 is 11.3 Å². The van der Waals surface area contributed by atoms with Crippen LogP contribution in [0.4, 0.5) is 17.1 Å². The topological polar surface area (TPSA) is 76.0 Å². The largest absolute Gasteiger partial charge is 0.356 e. The van der Waals surface area contributed by atoms with E-state index in [2.05, 4.69) is 10.6 Å². The van der Waals surface area contributed by atoms with Gasteiger partial charge < -0.3 is 10.6 Å². The summed E-state index contributed by atoms with van der Waals surface area (Å²) in [5.74, 6) is 0.261. The molecule has 2 N–H and O–H groups in total. The number of hydrogen-bond acceptors (Lipinski definition) is 5. The first-order chi connectivity index (χ1) is 18.5. The Morgan fingerprint density at radius 2 is 1.66 bits per heavy atom. The van der Waals surface area contributed by atoms with E-state index in [9.17, 15) is 9.59 Å². The van der Waals surface area contributed by atoms with Crippen LogP contribution in [-0.4, -0.2) is 15.5 Å². The Kier molecular flexibility index (Phi) is 6.52. The smallest absolute Gasteiger partial charge is 0.263 e. The maximum Gasteiger partial charge on any atom is 0.263 e. The van der Waals surface area contributed by atoms with E-state index in [0.29, 0.717) is 16.9 Å². The second-order valence-electron chi connectivity index (χ2n) is 9.70. The number of nitrogens with zero attached hydrogens (tertiary/aromatic N) is 2. The molecular formula is C31H28N4O2S. The number of thiophene rings is 1. The van der Waals surface area contributed by atoms with Crippen LogP contribution in [0.25, 0.3) is 21.6 Å². The van der Waals surface area contributed by atoms with Gasteiger partial charge in [-0.3, -0.25) is 14.2 Å². The standard InChI is InChI=1S/C31H28N4O2S/c1-20-8-7-9-21(18-20)29-34-30-28(25-12-5-6-13-26(25)38-30)31(37)35(29)19-27(36)33-24-16-14-23(15-17-24)32-22-10-3-2-4-11-22/h2-4,7-11,14-18,32H,5-6,12-13,19H2,1H3,(H,33,36). The van der Waals surface area contributed by atoms with Crippen molar-refractivity contribution < 1.29 is 4.79 Å². The maximum absolute atomic E-state index is 13.9. The van der Waals surface area contributed by atoms with Crippen molar-refractivity contribution in [2.75, 3.05) is 10.6 Å². The first-order valence-corrected chi connectivity index (χ1v) is 13.7. The molecule has 2 heterocycles. The number of anilines is 3. The molecule has 0 bridgehead atoms. The van der Waals surface area contributed by atoms with E-state index in [1.807, 2.05) is 85.8 Å². The molecule has 1 aliphatic rings. The third-order valence-corrected chi connectivity index (χ3v) is 8.07. The van der Waals surface area contributed by atoms with Crippen LogP contribution in [0.1, 0.15) is 28.8 Å². The Morgan fingerprint density at radius 3 is 2.45 bits per heavy atom. The summed E-state index contributed by atoms with van der Waals surface area (Å²) in [5, 5.41) is 6.97. The van der Waals surface area contributed by atoms with E-state index in [-0.39, 0.29) is 18.0 Å². The maximum atomic E-state index is 13.9. The second-order valence-corrected chi connectivity index (χ2v) is 10.8. The number of aryl methyl sites for hydroxylation is 3. The minimum absolute atomic E-state index is 0.111. The van der Waals surface area contributed by atoms with Gasteiger partial charge in [-0.2, -0.15) is 0 Å². The number of benzene rings is 3. The number of aromatic nitrogens is 2. The molecule has 1 amide bonds. The van der Waals surface area contributed by atoms with Gasteiger partial charge in [0.25, 0.3) is 5.56 Å². The third kappa shape index (κ3) is 4.85. The fraction of sp³-hybridized carbons (Fsp3) is 0.194. The van der Waals surface area contributed by atoms with Gasteiger partial charge >= 0.3 is 0 Å². The van der Waals surface area contributed by atoms with E-state index >= 15 is 0 Å². The highest BCUT2D eigenvalue weighted by Gasteiger charge is 2.23. The number of amides is 1. The summed E-state index contributed by atoms with van der Waals surface area (Å²) >= 11 is 1.63. The molecule has 0 atom stereocenters. The SMILES string of the molecule is Cc1cccc(-c2nc3sc4c(c3c(=O)n2CC(=O)Nc2ccc(Nc3ccccc3)cc2)CCCC4)c1. The zero-order valence-electron chi connectivity index (χ0n) is 21.2. The van der Waals surface area contributed by atoms with Crippen LogP contribution in [0, 0.1) is 6.92 Å². The van der Waals surface area contributed by atoms with Crippen molar-refractivity contribution in [2.24, 2.45) is 0 Å². The zero-order chi connectivity index (χ0) is 26.1. The highest BCUT2D eigenvalue weighted by atomic mass is 32.1. The predicted octanol–water partition coefficient (Wildman–Crippen LogP) is 6.69. The predicted molar refractivity (Wildman–Crippen MR) is 155 cm³/mol. The van der Waals surface area contributed by atoms with Crippen LogP contribution in [-0.2, 0) is 24.2 Å².